The Morgan fingerprint density at radius 2 is 2.12 bits per heavy atom. The highest BCUT2D eigenvalue weighted by Crippen LogP contribution is 2.16. The van der Waals surface area contributed by atoms with E-state index in [1.165, 1.54) is 0 Å². The van der Waals surface area contributed by atoms with E-state index in [0.29, 0.717) is 5.82 Å². The monoisotopic (exact) mass is 238 g/mol. The highest BCUT2D eigenvalue weighted by atomic mass is 35.5. The Hall–Kier alpha value is -1.75. The minimum absolute atomic E-state index is 0.0121. The van der Waals surface area contributed by atoms with Crippen LogP contribution in [0.2, 0.25) is 5.28 Å². The summed E-state index contributed by atoms with van der Waals surface area (Å²) in [7, 11) is 0. The number of pyridine rings is 1. The lowest BCUT2D eigenvalue weighted by Crippen LogP contribution is -2.00. The lowest BCUT2D eigenvalue weighted by Gasteiger charge is -2.05. The third-order valence-electron chi connectivity index (χ3n) is 1.85. The molecular weight excluding hydrogens is 231 g/mol. The van der Waals surface area contributed by atoms with Gasteiger partial charge in [0.05, 0.1) is 6.20 Å². The van der Waals surface area contributed by atoms with Crippen molar-refractivity contribution in [1.29, 1.82) is 0 Å². The predicted molar refractivity (Wildman–Crippen MR) is 59.3 cm³/mol. The van der Waals surface area contributed by atoms with Gasteiger partial charge < -0.3 is 5.32 Å². The van der Waals surface area contributed by atoms with Crippen LogP contribution >= 0.6 is 11.6 Å². The third-order valence-corrected chi connectivity index (χ3v) is 2.03. The molecule has 0 fully saturated rings. The molecule has 0 saturated carbocycles. The van der Waals surface area contributed by atoms with Crippen LogP contribution in [0.1, 0.15) is 5.69 Å². The Balaban J connectivity index is 2.30. The van der Waals surface area contributed by atoms with Gasteiger partial charge in [-0.2, -0.15) is 4.98 Å². The zero-order valence-corrected chi connectivity index (χ0v) is 9.16. The quantitative estimate of drug-likeness (QED) is 0.818. The molecule has 4 nitrogen and oxygen atoms in total. The maximum Gasteiger partial charge on any atom is 0.224 e. The molecule has 16 heavy (non-hydrogen) atoms. The van der Waals surface area contributed by atoms with Gasteiger partial charge in [0.15, 0.2) is 11.6 Å². The molecule has 0 atom stereocenters. The van der Waals surface area contributed by atoms with E-state index >= 15 is 0 Å². The van der Waals surface area contributed by atoms with Gasteiger partial charge in [-0.15, -0.1) is 0 Å². The van der Waals surface area contributed by atoms with Crippen molar-refractivity contribution in [2.24, 2.45) is 0 Å². The number of nitrogens with one attached hydrogen (secondary N) is 1. The van der Waals surface area contributed by atoms with Crippen LogP contribution in [0.15, 0.2) is 24.4 Å². The molecule has 0 aliphatic heterocycles. The summed E-state index contributed by atoms with van der Waals surface area (Å²) >= 11 is 5.57. The third kappa shape index (κ3) is 2.43. The zero-order valence-electron chi connectivity index (χ0n) is 8.41. The van der Waals surface area contributed by atoms with Gasteiger partial charge in [-0.05, 0) is 30.7 Å². The van der Waals surface area contributed by atoms with Crippen LogP contribution in [0.5, 0.6) is 0 Å². The predicted octanol–water partition coefficient (Wildman–Crippen LogP) is 2.72. The first-order valence-electron chi connectivity index (χ1n) is 4.54. The van der Waals surface area contributed by atoms with Gasteiger partial charge in [-0.25, -0.2) is 14.4 Å². The lowest BCUT2D eigenvalue weighted by molar-refractivity contribution is 0.618. The van der Waals surface area contributed by atoms with E-state index < -0.39 is 5.82 Å². The summed E-state index contributed by atoms with van der Waals surface area (Å²) < 4.78 is 13.3. The van der Waals surface area contributed by atoms with Crippen LogP contribution in [0.4, 0.5) is 16.0 Å². The van der Waals surface area contributed by atoms with Crippen molar-refractivity contribution in [2.45, 2.75) is 6.92 Å². The summed E-state index contributed by atoms with van der Waals surface area (Å²) in [5.74, 6) is -0.0560. The van der Waals surface area contributed by atoms with E-state index in [4.69, 9.17) is 11.6 Å². The molecule has 2 rings (SSSR count). The first kappa shape index (κ1) is 10.8. The van der Waals surface area contributed by atoms with Crippen molar-refractivity contribution >= 4 is 23.2 Å². The molecule has 0 saturated heterocycles. The average molecular weight is 239 g/mol. The molecule has 0 bridgehead atoms. The number of aromatic nitrogens is 3. The van der Waals surface area contributed by atoms with E-state index in [1.54, 1.807) is 6.07 Å². The van der Waals surface area contributed by atoms with Crippen LogP contribution < -0.4 is 5.32 Å². The van der Waals surface area contributed by atoms with Gasteiger partial charge in [0.2, 0.25) is 5.28 Å². The molecule has 6 heteroatoms. The number of hydrogen-bond acceptors (Lipinski definition) is 4. The lowest BCUT2D eigenvalue weighted by atomic mass is 10.4. The first-order chi connectivity index (χ1) is 7.65. The molecule has 82 valence electrons. The van der Waals surface area contributed by atoms with Gasteiger partial charge in [-0.1, -0.05) is 6.07 Å². The van der Waals surface area contributed by atoms with Crippen molar-refractivity contribution in [3.05, 3.63) is 41.2 Å². The molecule has 2 aromatic heterocycles. The number of halogens is 2. The maximum absolute atomic E-state index is 13.3. The number of nitrogens with zero attached hydrogens (tertiary/aromatic N) is 3. The summed E-state index contributed by atoms with van der Waals surface area (Å²) in [5.41, 5.74) is 0.825. The fraction of sp³-hybridized carbons (Fsp3) is 0.100. The molecule has 0 radical (unpaired) electrons. The Bertz CT molecular complexity index is 518. The number of hydrogen-bond donors (Lipinski definition) is 1. The highest BCUT2D eigenvalue weighted by Gasteiger charge is 2.06. The minimum Gasteiger partial charge on any atom is -0.322 e. The van der Waals surface area contributed by atoms with Crippen molar-refractivity contribution in [3.8, 4) is 0 Å². The van der Waals surface area contributed by atoms with E-state index in [-0.39, 0.29) is 11.1 Å². The maximum atomic E-state index is 13.3. The molecule has 0 aliphatic carbocycles. The second-order valence-electron chi connectivity index (χ2n) is 3.12. The van der Waals surface area contributed by atoms with E-state index in [1.807, 2.05) is 19.1 Å². The smallest absolute Gasteiger partial charge is 0.224 e. The minimum atomic E-state index is -0.576. The van der Waals surface area contributed by atoms with E-state index in [9.17, 15) is 4.39 Å². The summed E-state index contributed by atoms with van der Waals surface area (Å²) in [6.07, 6.45) is 1.01. The number of rotatable bonds is 2. The van der Waals surface area contributed by atoms with Crippen molar-refractivity contribution < 1.29 is 4.39 Å². The largest absolute Gasteiger partial charge is 0.322 e. The summed E-state index contributed by atoms with van der Waals surface area (Å²) in [6, 6.07) is 5.36. The highest BCUT2D eigenvalue weighted by molar-refractivity contribution is 6.28. The fourth-order valence-corrected chi connectivity index (χ4v) is 1.30. The van der Waals surface area contributed by atoms with Gasteiger partial charge in [0, 0.05) is 5.69 Å². The Morgan fingerprint density at radius 3 is 2.88 bits per heavy atom. The molecule has 0 aromatic carbocycles. The fourth-order valence-electron chi connectivity index (χ4n) is 1.17. The van der Waals surface area contributed by atoms with Gasteiger partial charge in [0.25, 0.3) is 0 Å². The zero-order chi connectivity index (χ0) is 11.5. The molecule has 0 amide bonds. The van der Waals surface area contributed by atoms with E-state index in [2.05, 4.69) is 20.3 Å². The van der Waals surface area contributed by atoms with Crippen molar-refractivity contribution in [1.82, 2.24) is 15.0 Å². The number of anilines is 2. The molecule has 0 aliphatic rings. The molecule has 0 spiro atoms. The second-order valence-corrected chi connectivity index (χ2v) is 3.46. The topological polar surface area (TPSA) is 50.7 Å². The Morgan fingerprint density at radius 1 is 1.31 bits per heavy atom. The Kier molecular flexibility index (Phi) is 2.96. The SMILES string of the molecule is Cc1cccc(Nc2nc(Cl)ncc2F)n1. The van der Waals surface area contributed by atoms with Crippen molar-refractivity contribution in [3.63, 3.8) is 0 Å². The molecule has 2 aromatic rings. The number of aryl methyl sites for hydroxylation is 1. The van der Waals surface area contributed by atoms with Gasteiger partial charge in [-0.3, -0.25) is 0 Å². The second kappa shape index (κ2) is 4.40. The van der Waals surface area contributed by atoms with Crippen molar-refractivity contribution in [2.75, 3.05) is 5.32 Å². The summed E-state index contributed by atoms with van der Waals surface area (Å²) in [4.78, 5) is 11.4. The van der Waals surface area contributed by atoms with Crippen LogP contribution in [-0.4, -0.2) is 15.0 Å². The van der Waals surface area contributed by atoms with Gasteiger partial charge >= 0.3 is 0 Å². The Labute approximate surface area is 96.5 Å². The van der Waals surface area contributed by atoms with E-state index in [0.717, 1.165) is 11.9 Å². The summed E-state index contributed by atoms with van der Waals surface area (Å²) in [5, 5.41) is 2.72. The standard InChI is InChI=1S/C10H8ClFN4/c1-6-3-2-4-8(14-6)15-9-7(12)5-13-10(11)16-9/h2-5H,1H3,(H,13,14,15,16). The normalized spacial score (nSPS) is 10.2. The first-order valence-corrected chi connectivity index (χ1v) is 4.91. The average Bonchev–Trinajstić information content (AvgIpc) is 2.24. The van der Waals surface area contributed by atoms with Crippen LogP contribution in [0, 0.1) is 12.7 Å². The molecular formula is C10H8ClFN4. The van der Waals surface area contributed by atoms with Gasteiger partial charge in [0.1, 0.15) is 5.82 Å². The molecule has 0 unspecified atom stereocenters. The van der Waals surface area contributed by atoms with Crippen LogP contribution in [0.3, 0.4) is 0 Å². The summed E-state index contributed by atoms with van der Waals surface area (Å²) in [6.45, 7) is 1.84. The van der Waals surface area contributed by atoms with Crippen LogP contribution in [0.25, 0.3) is 0 Å². The van der Waals surface area contributed by atoms with Crippen LogP contribution in [-0.2, 0) is 0 Å². The molecule has 1 N–H and O–H groups in total. The molecule has 2 heterocycles.